The molecule has 0 spiro atoms. The van der Waals surface area contributed by atoms with Crippen molar-refractivity contribution in [2.45, 2.75) is 6.61 Å². The van der Waals surface area contributed by atoms with Crippen molar-refractivity contribution in [1.29, 1.82) is 0 Å². The van der Waals surface area contributed by atoms with Gasteiger partial charge in [-0.25, -0.2) is 4.79 Å². The van der Waals surface area contributed by atoms with Gasteiger partial charge in [0.05, 0.1) is 0 Å². The Morgan fingerprint density at radius 3 is 2.88 bits per heavy atom. The fourth-order valence-corrected chi connectivity index (χ4v) is 2.02. The normalized spacial score (nSPS) is 10.1. The summed E-state index contributed by atoms with van der Waals surface area (Å²) in [4.78, 5) is 11.0. The maximum absolute atomic E-state index is 11.0. The molecule has 0 saturated carbocycles. The minimum absolute atomic E-state index is 0.120. The first-order chi connectivity index (χ1) is 8.16. The van der Waals surface area contributed by atoms with Crippen LogP contribution in [-0.2, 0) is 6.61 Å². The van der Waals surface area contributed by atoms with E-state index in [0.717, 1.165) is 5.56 Å². The molecule has 0 aliphatic carbocycles. The Kier molecular flexibility index (Phi) is 3.30. The molecule has 17 heavy (non-hydrogen) atoms. The highest BCUT2D eigenvalue weighted by atomic mass is 32.1. The molecule has 0 saturated heterocycles. The summed E-state index contributed by atoms with van der Waals surface area (Å²) in [5, 5.41) is 12.9. The zero-order chi connectivity index (χ0) is 12.3. The summed E-state index contributed by atoms with van der Waals surface area (Å²) in [5.41, 5.74) is 7.22. The first-order valence-corrected chi connectivity index (χ1v) is 5.88. The number of nitrogens with two attached hydrogens (primary N) is 1. The highest BCUT2D eigenvalue weighted by Crippen LogP contribution is 2.23. The van der Waals surface area contributed by atoms with Gasteiger partial charge in [0.25, 0.3) is 0 Å². The number of anilines is 1. The molecule has 3 N–H and O–H groups in total. The quantitative estimate of drug-likeness (QED) is 0.817. The summed E-state index contributed by atoms with van der Waals surface area (Å²) in [5.74, 6) is -0.728. The van der Waals surface area contributed by atoms with Crippen molar-refractivity contribution in [1.82, 2.24) is 0 Å². The SMILES string of the molecule is Nc1ccc(C(=O)O)c(OCc2ccsc2)c1. The van der Waals surface area contributed by atoms with Gasteiger partial charge in [-0.1, -0.05) is 0 Å². The zero-order valence-corrected chi connectivity index (χ0v) is 9.74. The Balaban J connectivity index is 2.19. The van der Waals surface area contributed by atoms with E-state index in [1.54, 1.807) is 17.4 Å². The van der Waals surface area contributed by atoms with Gasteiger partial charge in [0.15, 0.2) is 0 Å². The Hall–Kier alpha value is -2.01. The lowest BCUT2D eigenvalue weighted by Gasteiger charge is -2.09. The predicted molar refractivity (Wildman–Crippen MR) is 66.5 cm³/mol. The number of carboxylic acids is 1. The Morgan fingerprint density at radius 1 is 1.41 bits per heavy atom. The van der Waals surface area contributed by atoms with Crippen LogP contribution < -0.4 is 10.5 Å². The van der Waals surface area contributed by atoms with Gasteiger partial charge in [0.1, 0.15) is 17.9 Å². The van der Waals surface area contributed by atoms with Crippen LogP contribution in [0.4, 0.5) is 5.69 Å². The van der Waals surface area contributed by atoms with E-state index in [4.69, 9.17) is 15.6 Å². The van der Waals surface area contributed by atoms with Crippen LogP contribution in [0.2, 0.25) is 0 Å². The number of benzene rings is 1. The third kappa shape index (κ3) is 2.76. The lowest BCUT2D eigenvalue weighted by atomic mass is 10.2. The molecular formula is C12H11NO3S. The molecular weight excluding hydrogens is 238 g/mol. The monoisotopic (exact) mass is 249 g/mol. The Morgan fingerprint density at radius 2 is 2.24 bits per heavy atom. The van der Waals surface area contributed by atoms with Crippen molar-refractivity contribution >= 4 is 23.0 Å². The number of hydrogen-bond acceptors (Lipinski definition) is 4. The predicted octanol–water partition coefficient (Wildman–Crippen LogP) is 2.61. The fourth-order valence-electron chi connectivity index (χ4n) is 1.37. The van der Waals surface area contributed by atoms with Crippen molar-refractivity contribution in [2.24, 2.45) is 0 Å². The Labute approximate surface area is 102 Å². The summed E-state index contributed by atoms with van der Waals surface area (Å²) < 4.78 is 5.47. The van der Waals surface area contributed by atoms with Gasteiger partial charge < -0.3 is 15.6 Å². The molecule has 0 aliphatic heterocycles. The summed E-state index contributed by atoms with van der Waals surface area (Å²) in [6, 6.07) is 6.44. The van der Waals surface area contributed by atoms with Crippen molar-refractivity contribution in [3.63, 3.8) is 0 Å². The van der Waals surface area contributed by atoms with Crippen molar-refractivity contribution in [2.75, 3.05) is 5.73 Å². The van der Waals surface area contributed by atoms with Crippen molar-refractivity contribution < 1.29 is 14.6 Å². The second kappa shape index (κ2) is 4.88. The van der Waals surface area contributed by atoms with Gasteiger partial charge in [0, 0.05) is 11.8 Å². The number of nitrogen functional groups attached to an aromatic ring is 1. The molecule has 0 amide bonds. The molecule has 1 heterocycles. The summed E-state index contributed by atoms with van der Waals surface area (Å²) >= 11 is 1.57. The topological polar surface area (TPSA) is 72.6 Å². The second-order valence-corrected chi connectivity index (χ2v) is 4.26. The van der Waals surface area contributed by atoms with Gasteiger partial charge in [-0.15, -0.1) is 0 Å². The van der Waals surface area contributed by atoms with Crippen molar-refractivity contribution in [3.05, 3.63) is 46.2 Å². The van der Waals surface area contributed by atoms with Crippen LogP contribution in [0.25, 0.3) is 0 Å². The number of aromatic carboxylic acids is 1. The number of hydrogen-bond donors (Lipinski definition) is 2. The summed E-state index contributed by atoms with van der Waals surface area (Å²) in [7, 11) is 0. The van der Waals surface area contributed by atoms with Gasteiger partial charge in [-0.2, -0.15) is 11.3 Å². The van der Waals surface area contributed by atoms with Crippen LogP contribution in [-0.4, -0.2) is 11.1 Å². The largest absolute Gasteiger partial charge is 0.488 e. The zero-order valence-electron chi connectivity index (χ0n) is 8.92. The minimum atomic E-state index is -1.02. The van der Waals surface area contributed by atoms with E-state index in [9.17, 15) is 4.79 Å². The molecule has 0 radical (unpaired) electrons. The van der Waals surface area contributed by atoms with Crippen LogP contribution >= 0.6 is 11.3 Å². The summed E-state index contributed by atoms with van der Waals surface area (Å²) in [6.45, 7) is 0.341. The van der Waals surface area contributed by atoms with Crippen LogP contribution in [0.15, 0.2) is 35.0 Å². The molecule has 2 aromatic rings. The van der Waals surface area contributed by atoms with Crippen LogP contribution in [0.3, 0.4) is 0 Å². The van der Waals surface area contributed by atoms with Gasteiger partial charge in [-0.05, 0) is 34.5 Å². The van der Waals surface area contributed by atoms with Crippen LogP contribution in [0.1, 0.15) is 15.9 Å². The van der Waals surface area contributed by atoms with E-state index in [-0.39, 0.29) is 5.56 Å². The van der Waals surface area contributed by atoms with Crippen LogP contribution in [0, 0.1) is 0 Å². The molecule has 88 valence electrons. The smallest absolute Gasteiger partial charge is 0.339 e. The van der Waals surface area contributed by atoms with E-state index in [0.29, 0.717) is 18.0 Å². The highest BCUT2D eigenvalue weighted by molar-refractivity contribution is 7.07. The number of ether oxygens (including phenoxy) is 1. The summed E-state index contributed by atoms with van der Waals surface area (Å²) in [6.07, 6.45) is 0. The molecule has 0 aliphatic rings. The second-order valence-electron chi connectivity index (χ2n) is 3.48. The number of thiophene rings is 1. The molecule has 4 nitrogen and oxygen atoms in total. The third-order valence-electron chi connectivity index (χ3n) is 2.21. The molecule has 0 fully saturated rings. The number of rotatable bonds is 4. The lowest BCUT2D eigenvalue weighted by Crippen LogP contribution is -2.03. The van der Waals surface area contributed by atoms with E-state index < -0.39 is 5.97 Å². The maximum atomic E-state index is 11.0. The fraction of sp³-hybridized carbons (Fsp3) is 0.0833. The molecule has 0 bridgehead atoms. The standard InChI is InChI=1S/C12H11NO3S/c13-9-1-2-10(12(14)15)11(5-9)16-6-8-3-4-17-7-8/h1-5,7H,6,13H2,(H,14,15). The Bertz CT molecular complexity index is 523. The first kappa shape index (κ1) is 11.5. The van der Waals surface area contributed by atoms with Crippen molar-refractivity contribution in [3.8, 4) is 5.75 Å². The first-order valence-electron chi connectivity index (χ1n) is 4.93. The molecule has 1 aromatic heterocycles. The number of carboxylic acid groups (broad SMARTS) is 1. The van der Waals surface area contributed by atoms with Crippen LogP contribution in [0.5, 0.6) is 5.75 Å². The van der Waals surface area contributed by atoms with Gasteiger partial charge in [-0.3, -0.25) is 0 Å². The van der Waals surface area contributed by atoms with Gasteiger partial charge in [0.2, 0.25) is 0 Å². The molecule has 5 heteroatoms. The van der Waals surface area contributed by atoms with Gasteiger partial charge >= 0.3 is 5.97 Å². The van der Waals surface area contributed by atoms with E-state index in [2.05, 4.69) is 0 Å². The lowest BCUT2D eigenvalue weighted by molar-refractivity contribution is 0.0692. The third-order valence-corrected chi connectivity index (χ3v) is 2.94. The maximum Gasteiger partial charge on any atom is 0.339 e. The highest BCUT2D eigenvalue weighted by Gasteiger charge is 2.11. The van der Waals surface area contributed by atoms with E-state index >= 15 is 0 Å². The minimum Gasteiger partial charge on any atom is -0.488 e. The molecule has 0 unspecified atom stereocenters. The van der Waals surface area contributed by atoms with E-state index in [1.165, 1.54) is 12.1 Å². The molecule has 0 atom stereocenters. The molecule has 2 rings (SSSR count). The average molecular weight is 249 g/mol. The number of carbonyl (C=O) groups is 1. The van der Waals surface area contributed by atoms with E-state index in [1.807, 2.05) is 16.8 Å². The molecule has 1 aromatic carbocycles. The average Bonchev–Trinajstić information content (AvgIpc) is 2.78.